The van der Waals surface area contributed by atoms with Crippen LogP contribution < -0.4 is 10.7 Å². The molecule has 1 N–H and O–H groups in total. The molecule has 0 saturated carbocycles. The smallest absolute Gasteiger partial charge is 0.406 e. The minimum Gasteiger partial charge on any atom is -0.406 e. The van der Waals surface area contributed by atoms with Crippen LogP contribution in [0.2, 0.25) is 0 Å². The Morgan fingerprint density at radius 3 is 2.48 bits per heavy atom. The fraction of sp³-hybridized carbons (Fsp3) is 0.222. The molecule has 1 aromatic heterocycles. The summed E-state index contributed by atoms with van der Waals surface area (Å²) in [6.45, 7) is 2.34. The quantitative estimate of drug-likeness (QED) is 0.776. The second-order valence-electron chi connectivity index (χ2n) is 5.95. The Labute approximate surface area is 142 Å². The Kier molecular flexibility index (Phi) is 3.76. The molecule has 1 amide bonds. The summed E-state index contributed by atoms with van der Waals surface area (Å²) in [7, 11) is 0. The van der Waals surface area contributed by atoms with Gasteiger partial charge in [0, 0.05) is 31.7 Å². The van der Waals surface area contributed by atoms with E-state index < -0.39 is 5.76 Å². The van der Waals surface area contributed by atoms with E-state index in [0.717, 1.165) is 5.69 Å². The van der Waals surface area contributed by atoms with Gasteiger partial charge in [-0.05, 0) is 36.4 Å². The molecule has 1 saturated heterocycles. The molecular formula is C18H16FN3O3. The van der Waals surface area contributed by atoms with Gasteiger partial charge in [0.15, 0.2) is 5.58 Å². The van der Waals surface area contributed by atoms with Crippen LogP contribution in [0.4, 0.5) is 10.1 Å². The fourth-order valence-corrected chi connectivity index (χ4v) is 3.13. The number of piperazine rings is 1. The number of anilines is 1. The summed E-state index contributed by atoms with van der Waals surface area (Å²) in [5, 5.41) is 0. The number of benzene rings is 2. The number of oxazole rings is 1. The van der Waals surface area contributed by atoms with Crippen LogP contribution in [0.25, 0.3) is 11.1 Å². The van der Waals surface area contributed by atoms with Crippen LogP contribution in [0.1, 0.15) is 10.4 Å². The number of nitrogens with one attached hydrogen (secondary N) is 1. The molecule has 0 spiro atoms. The van der Waals surface area contributed by atoms with E-state index in [1.165, 1.54) is 24.3 Å². The van der Waals surface area contributed by atoms with Crippen LogP contribution in [-0.2, 0) is 0 Å². The average molecular weight is 341 g/mol. The number of rotatable bonds is 2. The molecule has 4 rings (SSSR count). The van der Waals surface area contributed by atoms with E-state index in [9.17, 15) is 14.0 Å². The van der Waals surface area contributed by atoms with Gasteiger partial charge in [0.05, 0.1) is 11.2 Å². The number of fused-ring (bicyclic) bond motifs is 1. The first kappa shape index (κ1) is 15.4. The second kappa shape index (κ2) is 6.08. The number of amides is 1. The van der Waals surface area contributed by atoms with Crippen LogP contribution in [0, 0.1) is 5.82 Å². The first-order valence-electron chi connectivity index (χ1n) is 8.03. The van der Waals surface area contributed by atoms with Crippen molar-refractivity contribution >= 4 is 22.7 Å². The van der Waals surface area contributed by atoms with Crippen molar-refractivity contribution in [2.75, 3.05) is 31.1 Å². The Morgan fingerprint density at radius 2 is 1.76 bits per heavy atom. The first-order chi connectivity index (χ1) is 12.1. The number of halogens is 1. The number of hydrogen-bond acceptors (Lipinski definition) is 4. The molecule has 0 aliphatic carbocycles. The fourth-order valence-electron chi connectivity index (χ4n) is 3.13. The number of carbonyl (C=O) groups is 1. The Bertz CT molecular complexity index is 969. The number of para-hydroxylation sites is 1. The lowest BCUT2D eigenvalue weighted by Crippen LogP contribution is -2.48. The van der Waals surface area contributed by atoms with Gasteiger partial charge in [-0.1, -0.05) is 6.07 Å². The third kappa shape index (κ3) is 2.88. The molecule has 1 aliphatic rings. The summed E-state index contributed by atoms with van der Waals surface area (Å²) < 4.78 is 18.2. The highest BCUT2D eigenvalue weighted by Crippen LogP contribution is 2.26. The summed E-state index contributed by atoms with van der Waals surface area (Å²) in [5.41, 5.74) is 2.51. The number of aromatic nitrogens is 1. The van der Waals surface area contributed by atoms with Crippen LogP contribution >= 0.6 is 0 Å². The standard InChI is InChI=1S/C18H16FN3O3/c19-13-6-4-12(5-7-13)17(23)22-10-8-21(9-11-22)15-3-1-2-14-16(15)25-18(24)20-14/h1-7H,8-11H2,(H,20,24). The van der Waals surface area contributed by atoms with E-state index in [0.29, 0.717) is 42.8 Å². The van der Waals surface area contributed by atoms with Gasteiger partial charge in [-0.2, -0.15) is 0 Å². The van der Waals surface area contributed by atoms with Crippen LogP contribution in [0.5, 0.6) is 0 Å². The molecule has 0 radical (unpaired) electrons. The lowest BCUT2D eigenvalue weighted by molar-refractivity contribution is 0.0747. The highest BCUT2D eigenvalue weighted by Gasteiger charge is 2.24. The lowest BCUT2D eigenvalue weighted by Gasteiger charge is -2.36. The van der Waals surface area contributed by atoms with Crippen molar-refractivity contribution in [3.05, 3.63) is 64.4 Å². The van der Waals surface area contributed by atoms with E-state index in [-0.39, 0.29) is 11.7 Å². The maximum Gasteiger partial charge on any atom is 0.417 e. The van der Waals surface area contributed by atoms with Crippen molar-refractivity contribution in [2.24, 2.45) is 0 Å². The van der Waals surface area contributed by atoms with Gasteiger partial charge >= 0.3 is 5.76 Å². The summed E-state index contributed by atoms with van der Waals surface area (Å²) in [4.78, 5) is 30.4. The molecule has 7 heteroatoms. The van der Waals surface area contributed by atoms with Crippen LogP contribution in [-0.4, -0.2) is 42.0 Å². The SMILES string of the molecule is O=C(c1ccc(F)cc1)N1CCN(c2cccc3[nH]c(=O)oc23)CC1. The lowest BCUT2D eigenvalue weighted by atomic mass is 10.1. The number of nitrogens with zero attached hydrogens (tertiary/aromatic N) is 2. The number of aromatic amines is 1. The molecule has 128 valence electrons. The molecule has 1 fully saturated rings. The Hall–Kier alpha value is -3.09. The van der Waals surface area contributed by atoms with Gasteiger partial charge in [-0.25, -0.2) is 9.18 Å². The summed E-state index contributed by atoms with van der Waals surface area (Å²) >= 11 is 0. The van der Waals surface area contributed by atoms with Crippen molar-refractivity contribution < 1.29 is 13.6 Å². The molecule has 2 aromatic carbocycles. The summed E-state index contributed by atoms with van der Waals surface area (Å²) in [6.07, 6.45) is 0. The molecule has 0 atom stereocenters. The van der Waals surface area contributed by atoms with Gasteiger partial charge in [0.1, 0.15) is 5.82 Å². The Morgan fingerprint density at radius 1 is 1.04 bits per heavy atom. The zero-order valence-corrected chi connectivity index (χ0v) is 13.4. The topological polar surface area (TPSA) is 69.6 Å². The predicted octanol–water partition coefficient (Wildman–Crippen LogP) is 2.22. The molecule has 25 heavy (non-hydrogen) atoms. The maximum absolute atomic E-state index is 13.0. The van der Waals surface area contributed by atoms with Crippen molar-refractivity contribution in [1.82, 2.24) is 9.88 Å². The monoisotopic (exact) mass is 341 g/mol. The zero-order chi connectivity index (χ0) is 17.4. The number of H-pyrrole nitrogens is 1. The molecule has 0 unspecified atom stereocenters. The number of hydrogen-bond donors (Lipinski definition) is 1. The summed E-state index contributed by atoms with van der Waals surface area (Å²) in [5.74, 6) is -0.943. The van der Waals surface area contributed by atoms with E-state index >= 15 is 0 Å². The van der Waals surface area contributed by atoms with E-state index in [1.54, 1.807) is 11.0 Å². The molecule has 6 nitrogen and oxygen atoms in total. The Balaban J connectivity index is 1.50. The van der Waals surface area contributed by atoms with E-state index in [2.05, 4.69) is 9.88 Å². The summed E-state index contributed by atoms with van der Waals surface area (Å²) in [6, 6.07) is 11.1. The maximum atomic E-state index is 13.0. The molecule has 3 aromatic rings. The van der Waals surface area contributed by atoms with Gasteiger partial charge in [0.25, 0.3) is 5.91 Å². The van der Waals surface area contributed by atoms with Gasteiger partial charge in [-0.15, -0.1) is 0 Å². The third-order valence-corrected chi connectivity index (χ3v) is 4.42. The highest BCUT2D eigenvalue weighted by molar-refractivity contribution is 5.94. The van der Waals surface area contributed by atoms with Gasteiger partial charge in [-0.3, -0.25) is 9.78 Å². The average Bonchev–Trinajstić information content (AvgIpc) is 3.02. The van der Waals surface area contributed by atoms with Crippen molar-refractivity contribution in [2.45, 2.75) is 0 Å². The van der Waals surface area contributed by atoms with Gasteiger partial charge in [0.2, 0.25) is 0 Å². The molecule has 1 aliphatic heterocycles. The molecular weight excluding hydrogens is 325 g/mol. The van der Waals surface area contributed by atoms with Crippen molar-refractivity contribution in [3.8, 4) is 0 Å². The predicted molar refractivity (Wildman–Crippen MR) is 91.4 cm³/mol. The van der Waals surface area contributed by atoms with Crippen molar-refractivity contribution in [1.29, 1.82) is 0 Å². The first-order valence-corrected chi connectivity index (χ1v) is 8.03. The van der Waals surface area contributed by atoms with Crippen LogP contribution in [0.3, 0.4) is 0 Å². The highest BCUT2D eigenvalue weighted by atomic mass is 19.1. The largest absolute Gasteiger partial charge is 0.417 e. The second-order valence-corrected chi connectivity index (χ2v) is 5.95. The van der Waals surface area contributed by atoms with E-state index in [4.69, 9.17) is 4.42 Å². The van der Waals surface area contributed by atoms with Crippen molar-refractivity contribution in [3.63, 3.8) is 0 Å². The number of carbonyl (C=O) groups excluding carboxylic acids is 1. The zero-order valence-electron chi connectivity index (χ0n) is 13.4. The van der Waals surface area contributed by atoms with E-state index in [1.807, 2.05) is 12.1 Å². The van der Waals surface area contributed by atoms with Gasteiger partial charge < -0.3 is 14.2 Å². The minimum absolute atomic E-state index is 0.106. The normalized spacial score (nSPS) is 14.9. The third-order valence-electron chi connectivity index (χ3n) is 4.42. The van der Waals surface area contributed by atoms with Crippen LogP contribution in [0.15, 0.2) is 51.7 Å². The molecule has 0 bridgehead atoms. The minimum atomic E-state index is -0.479. The molecule has 2 heterocycles.